The van der Waals surface area contributed by atoms with E-state index in [-0.39, 0.29) is 53.0 Å². The van der Waals surface area contributed by atoms with Gasteiger partial charge in [0, 0.05) is 16.8 Å². The Morgan fingerprint density at radius 1 is 0.791 bits per heavy atom. The highest BCUT2D eigenvalue weighted by Gasteiger charge is 2.81. The van der Waals surface area contributed by atoms with Crippen molar-refractivity contribution in [2.45, 2.75) is 50.8 Å². The number of fused-ring (bicyclic) bond motifs is 1. The first-order valence-electron chi connectivity index (χ1n) is 12.5. The summed E-state index contributed by atoms with van der Waals surface area (Å²) in [5.41, 5.74) is -8.03. The number of hydrogen-bond donors (Lipinski definition) is 1. The van der Waals surface area contributed by atoms with Crippen molar-refractivity contribution in [1.82, 2.24) is 4.90 Å². The van der Waals surface area contributed by atoms with Gasteiger partial charge in [0.1, 0.15) is 0 Å². The van der Waals surface area contributed by atoms with E-state index in [0.29, 0.717) is 5.56 Å². The second kappa shape index (κ2) is 10.7. The number of hydrogen-bond acceptors (Lipinski definition) is 3. The molecule has 228 valence electrons. The Labute approximate surface area is 238 Å². The first kappa shape index (κ1) is 31.6. The van der Waals surface area contributed by atoms with Gasteiger partial charge in [-0.05, 0) is 60.4 Å². The lowest BCUT2D eigenvalue weighted by atomic mass is 9.85. The van der Waals surface area contributed by atoms with Crippen molar-refractivity contribution in [3.8, 4) is 0 Å². The van der Waals surface area contributed by atoms with Crippen LogP contribution in [0.4, 0.5) is 45.2 Å². The number of anilines is 1. The molecular weight excluding hydrogens is 595 g/mol. The van der Waals surface area contributed by atoms with E-state index < -0.39 is 52.8 Å². The fraction of sp³-hybridized carbons (Fsp3) is 0.276. The Morgan fingerprint density at radius 3 is 1.79 bits per heavy atom. The van der Waals surface area contributed by atoms with E-state index in [9.17, 15) is 49.5 Å². The van der Waals surface area contributed by atoms with Crippen LogP contribution in [-0.2, 0) is 18.6 Å². The molecule has 1 unspecified atom stereocenters. The van der Waals surface area contributed by atoms with Gasteiger partial charge in [-0.2, -0.15) is 35.1 Å². The molecule has 0 saturated heterocycles. The number of alkyl halides is 9. The number of nitrogens with one attached hydrogen (secondary N) is 1. The van der Waals surface area contributed by atoms with Gasteiger partial charge in [0.2, 0.25) is 0 Å². The van der Waals surface area contributed by atoms with E-state index in [4.69, 9.17) is 0 Å². The van der Waals surface area contributed by atoms with Gasteiger partial charge < -0.3 is 5.32 Å². The second-order valence-electron chi connectivity index (χ2n) is 9.80. The number of rotatable bonds is 7. The molecule has 3 aromatic rings. The van der Waals surface area contributed by atoms with Crippen LogP contribution >= 0.6 is 0 Å². The zero-order valence-electron chi connectivity index (χ0n) is 22.3. The van der Waals surface area contributed by atoms with Crippen LogP contribution in [0, 0.1) is 6.92 Å². The van der Waals surface area contributed by atoms with Gasteiger partial charge in [0.15, 0.2) is 0 Å². The van der Waals surface area contributed by atoms with Crippen molar-refractivity contribution in [2.24, 2.45) is 0 Å². The Bertz CT molecular complexity index is 1560. The van der Waals surface area contributed by atoms with Gasteiger partial charge in [-0.3, -0.25) is 19.3 Å². The molecule has 3 aromatic carbocycles. The molecule has 5 nitrogen and oxygen atoms in total. The second-order valence-corrected chi connectivity index (χ2v) is 9.80. The Balaban J connectivity index is 1.59. The minimum Gasteiger partial charge on any atom is -0.321 e. The summed E-state index contributed by atoms with van der Waals surface area (Å²) in [5.74, 6) is -8.65. The molecular formula is C29H21F9N2O3. The van der Waals surface area contributed by atoms with Gasteiger partial charge in [0.25, 0.3) is 17.7 Å². The number of benzene rings is 3. The highest BCUT2D eigenvalue weighted by Crippen LogP contribution is 2.58. The maximum atomic E-state index is 15.0. The minimum atomic E-state index is -6.87. The Kier molecular flexibility index (Phi) is 7.88. The quantitative estimate of drug-likeness (QED) is 0.221. The van der Waals surface area contributed by atoms with E-state index in [1.165, 1.54) is 43.3 Å². The maximum Gasteiger partial charge on any atom is 0.457 e. The van der Waals surface area contributed by atoms with Crippen LogP contribution in [0.25, 0.3) is 0 Å². The van der Waals surface area contributed by atoms with E-state index in [2.05, 4.69) is 5.32 Å². The molecule has 0 radical (unpaired) electrons. The zero-order chi connectivity index (χ0) is 32.1. The fourth-order valence-corrected chi connectivity index (χ4v) is 4.75. The standard InChI is InChI=1S/C29H21F9N2O3/c1-3-17-13-19(26(30,28(33,34)35)27(31,32)29(36,37)38)12-15(2)22(17)39-23(41)18-10-8-16(9-11-18)14-40-24(42)20-6-4-5-7-21(20)25(40)43/h4-13H,3,14H2,1-2H3,(H,39,41). The monoisotopic (exact) mass is 616 g/mol. The SMILES string of the molecule is CCc1cc(C(F)(C(F)(F)F)C(F)(F)C(F)(F)F)cc(C)c1NC(=O)c1ccc(CN2C(=O)c3ccccc3C2=O)cc1. The summed E-state index contributed by atoms with van der Waals surface area (Å²) in [5, 5.41) is 2.38. The predicted molar refractivity (Wildman–Crippen MR) is 135 cm³/mol. The highest BCUT2D eigenvalue weighted by atomic mass is 19.4. The van der Waals surface area contributed by atoms with E-state index >= 15 is 4.39 Å². The molecule has 0 spiro atoms. The molecule has 1 aliphatic heterocycles. The molecule has 1 N–H and O–H groups in total. The van der Waals surface area contributed by atoms with Crippen molar-refractivity contribution in [3.05, 3.63) is 99.6 Å². The molecule has 1 heterocycles. The molecule has 14 heteroatoms. The minimum absolute atomic E-state index is 0.00428. The Morgan fingerprint density at radius 2 is 1.33 bits per heavy atom. The smallest absolute Gasteiger partial charge is 0.321 e. The lowest BCUT2D eigenvalue weighted by Gasteiger charge is -2.36. The van der Waals surface area contributed by atoms with Gasteiger partial charge in [-0.25, -0.2) is 4.39 Å². The summed E-state index contributed by atoms with van der Waals surface area (Å²) < 4.78 is 122. The summed E-state index contributed by atoms with van der Waals surface area (Å²) >= 11 is 0. The zero-order valence-corrected chi connectivity index (χ0v) is 22.3. The molecule has 4 rings (SSSR count). The topological polar surface area (TPSA) is 66.5 Å². The van der Waals surface area contributed by atoms with Crippen LogP contribution in [0.1, 0.15) is 60.3 Å². The van der Waals surface area contributed by atoms with Gasteiger partial charge in [0.05, 0.1) is 17.7 Å². The molecule has 1 atom stereocenters. The number of aryl methyl sites for hydroxylation is 2. The number of carbonyl (C=O) groups excluding carboxylic acids is 3. The average Bonchev–Trinajstić information content (AvgIpc) is 3.17. The van der Waals surface area contributed by atoms with Crippen molar-refractivity contribution < 1.29 is 53.9 Å². The van der Waals surface area contributed by atoms with Crippen molar-refractivity contribution in [2.75, 3.05) is 5.32 Å². The summed E-state index contributed by atoms with van der Waals surface area (Å²) in [6.45, 7) is 2.23. The third kappa shape index (κ3) is 5.23. The fourth-order valence-electron chi connectivity index (χ4n) is 4.75. The van der Waals surface area contributed by atoms with Crippen LogP contribution in [0.15, 0.2) is 60.7 Å². The normalized spacial score (nSPS) is 15.4. The molecule has 0 saturated carbocycles. The van der Waals surface area contributed by atoms with Crippen LogP contribution in [0.2, 0.25) is 0 Å². The molecule has 0 fully saturated rings. The molecule has 0 aromatic heterocycles. The lowest BCUT2D eigenvalue weighted by molar-refractivity contribution is -0.389. The van der Waals surface area contributed by atoms with Gasteiger partial charge in [-0.1, -0.05) is 37.3 Å². The average molecular weight is 616 g/mol. The van der Waals surface area contributed by atoms with Crippen LogP contribution in [0.5, 0.6) is 0 Å². The van der Waals surface area contributed by atoms with Crippen LogP contribution < -0.4 is 5.32 Å². The number of nitrogens with zero attached hydrogens (tertiary/aromatic N) is 1. The van der Waals surface area contributed by atoms with Gasteiger partial charge >= 0.3 is 23.9 Å². The summed E-state index contributed by atoms with van der Waals surface area (Å²) in [6.07, 6.45) is -13.8. The maximum absolute atomic E-state index is 15.0. The summed E-state index contributed by atoms with van der Waals surface area (Å²) in [6, 6.07) is 12.2. The van der Waals surface area contributed by atoms with Crippen molar-refractivity contribution in [1.29, 1.82) is 0 Å². The molecule has 1 aliphatic rings. The third-order valence-electron chi connectivity index (χ3n) is 7.05. The highest BCUT2D eigenvalue weighted by molar-refractivity contribution is 6.21. The van der Waals surface area contributed by atoms with Gasteiger partial charge in [-0.15, -0.1) is 0 Å². The number of carbonyl (C=O) groups is 3. The number of halogens is 9. The van der Waals surface area contributed by atoms with Crippen molar-refractivity contribution >= 4 is 23.4 Å². The molecule has 3 amide bonds. The summed E-state index contributed by atoms with van der Waals surface area (Å²) in [7, 11) is 0. The number of amides is 3. The van der Waals surface area contributed by atoms with E-state index in [0.717, 1.165) is 11.8 Å². The Hall–Kier alpha value is -4.36. The summed E-state index contributed by atoms with van der Waals surface area (Å²) in [4.78, 5) is 39.1. The first-order chi connectivity index (χ1) is 19.8. The predicted octanol–water partition coefficient (Wildman–Crippen LogP) is 7.53. The number of imide groups is 1. The van der Waals surface area contributed by atoms with E-state index in [1.807, 2.05) is 0 Å². The van der Waals surface area contributed by atoms with Crippen molar-refractivity contribution in [3.63, 3.8) is 0 Å². The largest absolute Gasteiger partial charge is 0.457 e. The van der Waals surface area contributed by atoms with E-state index in [1.54, 1.807) is 12.1 Å². The van der Waals surface area contributed by atoms with Crippen LogP contribution in [-0.4, -0.2) is 40.9 Å². The van der Waals surface area contributed by atoms with Crippen LogP contribution in [0.3, 0.4) is 0 Å². The first-order valence-corrected chi connectivity index (χ1v) is 12.5. The lowest BCUT2D eigenvalue weighted by Crippen LogP contribution is -2.59. The molecule has 43 heavy (non-hydrogen) atoms. The molecule has 0 aliphatic carbocycles. The molecule has 0 bridgehead atoms. The third-order valence-corrected chi connectivity index (χ3v) is 7.05.